The largest absolute Gasteiger partial charge is 0.496 e. The highest BCUT2D eigenvalue weighted by atomic mass is 19.1. The van der Waals surface area contributed by atoms with Gasteiger partial charge in [0.25, 0.3) is 0 Å². The average molecular weight is 260 g/mol. The highest BCUT2D eigenvalue weighted by Gasteiger charge is 2.26. The van der Waals surface area contributed by atoms with Gasteiger partial charge in [-0.15, -0.1) is 0 Å². The van der Waals surface area contributed by atoms with E-state index in [1.807, 2.05) is 24.3 Å². The van der Waals surface area contributed by atoms with Gasteiger partial charge in [0, 0.05) is 12.0 Å². The van der Waals surface area contributed by atoms with Crippen molar-refractivity contribution in [3.63, 3.8) is 0 Å². The molecule has 0 aliphatic heterocycles. The fourth-order valence-electron chi connectivity index (χ4n) is 2.18. The first-order valence-electron chi connectivity index (χ1n) is 6.13. The minimum absolute atomic E-state index is 0.277. The van der Waals surface area contributed by atoms with E-state index in [0.29, 0.717) is 12.2 Å². The second-order valence-electron chi connectivity index (χ2n) is 4.78. The van der Waals surface area contributed by atoms with Gasteiger partial charge in [0.2, 0.25) is 0 Å². The Morgan fingerprint density at radius 1 is 1.11 bits per heavy atom. The highest BCUT2D eigenvalue weighted by Crippen LogP contribution is 2.32. The van der Waals surface area contributed by atoms with Crippen molar-refractivity contribution in [2.45, 2.75) is 18.9 Å². The van der Waals surface area contributed by atoms with Crippen molar-refractivity contribution in [1.29, 1.82) is 0 Å². The predicted molar refractivity (Wildman–Crippen MR) is 72.7 cm³/mol. The number of rotatable bonds is 4. The lowest BCUT2D eigenvalue weighted by Crippen LogP contribution is -2.25. The van der Waals surface area contributed by atoms with Gasteiger partial charge >= 0.3 is 0 Å². The molecular formula is C16H17FO2. The Labute approximate surface area is 112 Å². The minimum Gasteiger partial charge on any atom is -0.496 e. The van der Waals surface area contributed by atoms with Gasteiger partial charge in [-0.25, -0.2) is 4.39 Å². The number of halogens is 1. The van der Waals surface area contributed by atoms with Crippen LogP contribution in [0.15, 0.2) is 48.5 Å². The second kappa shape index (κ2) is 5.41. The van der Waals surface area contributed by atoms with E-state index in [9.17, 15) is 9.50 Å². The molecule has 2 rings (SSSR count). The fourth-order valence-corrected chi connectivity index (χ4v) is 2.18. The van der Waals surface area contributed by atoms with Crippen LogP contribution in [0.2, 0.25) is 0 Å². The highest BCUT2D eigenvalue weighted by molar-refractivity contribution is 5.38. The maximum Gasteiger partial charge on any atom is 0.124 e. The smallest absolute Gasteiger partial charge is 0.124 e. The number of methoxy groups -OCH3 is 1. The third kappa shape index (κ3) is 3.12. The molecule has 0 aliphatic carbocycles. The van der Waals surface area contributed by atoms with Crippen molar-refractivity contribution in [2.24, 2.45) is 0 Å². The van der Waals surface area contributed by atoms with Crippen molar-refractivity contribution < 1.29 is 14.2 Å². The van der Waals surface area contributed by atoms with E-state index >= 15 is 0 Å². The quantitative estimate of drug-likeness (QED) is 0.914. The normalized spacial score (nSPS) is 13.9. The zero-order valence-electron chi connectivity index (χ0n) is 11.1. The Hall–Kier alpha value is -1.87. The summed E-state index contributed by atoms with van der Waals surface area (Å²) in [5.41, 5.74) is 0.531. The summed E-state index contributed by atoms with van der Waals surface area (Å²) in [6.45, 7) is 1.73. The van der Waals surface area contributed by atoms with Crippen LogP contribution in [0.25, 0.3) is 0 Å². The summed E-state index contributed by atoms with van der Waals surface area (Å²) in [7, 11) is 1.58. The number of hydrogen-bond donors (Lipinski definition) is 1. The van der Waals surface area contributed by atoms with Crippen molar-refractivity contribution in [2.75, 3.05) is 7.11 Å². The van der Waals surface area contributed by atoms with Crippen molar-refractivity contribution in [3.05, 3.63) is 65.5 Å². The van der Waals surface area contributed by atoms with Gasteiger partial charge in [-0.2, -0.15) is 0 Å². The summed E-state index contributed by atoms with van der Waals surface area (Å²) >= 11 is 0. The van der Waals surface area contributed by atoms with E-state index in [0.717, 1.165) is 11.1 Å². The Bertz CT molecular complexity index is 547. The van der Waals surface area contributed by atoms with Crippen LogP contribution in [-0.4, -0.2) is 12.2 Å². The van der Waals surface area contributed by atoms with Gasteiger partial charge in [0.05, 0.1) is 12.7 Å². The monoisotopic (exact) mass is 260 g/mol. The maximum absolute atomic E-state index is 12.9. The molecule has 0 saturated carbocycles. The van der Waals surface area contributed by atoms with E-state index in [1.165, 1.54) is 12.1 Å². The Kier molecular flexibility index (Phi) is 3.86. The molecule has 0 radical (unpaired) electrons. The lowest BCUT2D eigenvalue weighted by Gasteiger charge is -2.26. The molecule has 100 valence electrons. The van der Waals surface area contributed by atoms with Crippen molar-refractivity contribution >= 4 is 0 Å². The molecule has 3 heteroatoms. The van der Waals surface area contributed by atoms with E-state index in [2.05, 4.69) is 0 Å². The zero-order chi connectivity index (χ0) is 13.9. The van der Waals surface area contributed by atoms with Gasteiger partial charge in [0.1, 0.15) is 11.6 Å². The topological polar surface area (TPSA) is 29.5 Å². The molecule has 19 heavy (non-hydrogen) atoms. The molecular weight excluding hydrogens is 243 g/mol. The third-order valence-electron chi connectivity index (χ3n) is 3.15. The van der Waals surface area contributed by atoms with Crippen LogP contribution in [0, 0.1) is 5.82 Å². The zero-order valence-corrected chi connectivity index (χ0v) is 11.1. The molecule has 1 N–H and O–H groups in total. The van der Waals surface area contributed by atoms with Crippen LogP contribution in [0.5, 0.6) is 5.75 Å². The Balaban J connectivity index is 2.29. The van der Waals surface area contributed by atoms with Crippen LogP contribution in [-0.2, 0) is 12.0 Å². The summed E-state index contributed by atoms with van der Waals surface area (Å²) in [4.78, 5) is 0. The summed E-state index contributed by atoms with van der Waals surface area (Å²) in [5.74, 6) is 0.371. The van der Waals surface area contributed by atoms with E-state index in [1.54, 1.807) is 26.2 Å². The summed E-state index contributed by atoms with van der Waals surface area (Å²) in [5, 5.41) is 10.6. The van der Waals surface area contributed by atoms with E-state index in [-0.39, 0.29) is 5.82 Å². The first kappa shape index (κ1) is 13.6. The average Bonchev–Trinajstić information content (AvgIpc) is 2.41. The summed E-state index contributed by atoms with van der Waals surface area (Å²) in [6, 6.07) is 13.5. The SMILES string of the molecule is COc1ccccc1C(C)(O)Cc1ccc(F)cc1. The fraction of sp³-hybridized carbons (Fsp3) is 0.250. The second-order valence-corrected chi connectivity index (χ2v) is 4.78. The molecule has 2 aromatic carbocycles. The van der Waals surface area contributed by atoms with Crippen LogP contribution in [0.4, 0.5) is 4.39 Å². The van der Waals surface area contributed by atoms with Gasteiger partial charge in [-0.05, 0) is 30.7 Å². The van der Waals surface area contributed by atoms with Crippen LogP contribution in [0.3, 0.4) is 0 Å². The van der Waals surface area contributed by atoms with E-state index < -0.39 is 5.60 Å². The summed E-state index contributed by atoms with van der Waals surface area (Å²) < 4.78 is 18.1. The molecule has 0 heterocycles. The standard InChI is InChI=1S/C16H17FO2/c1-16(18,11-12-7-9-13(17)10-8-12)14-5-3-4-6-15(14)19-2/h3-10,18H,11H2,1-2H3. The molecule has 0 amide bonds. The molecule has 1 atom stereocenters. The van der Waals surface area contributed by atoms with Gasteiger partial charge in [-0.1, -0.05) is 30.3 Å². The molecule has 2 aromatic rings. The molecule has 0 fully saturated rings. The third-order valence-corrected chi connectivity index (χ3v) is 3.15. The minimum atomic E-state index is -1.07. The number of ether oxygens (including phenoxy) is 1. The lowest BCUT2D eigenvalue weighted by molar-refractivity contribution is 0.0549. The van der Waals surface area contributed by atoms with Crippen molar-refractivity contribution in [3.8, 4) is 5.75 Å². The molecule has 2 nitrogen and oxygen atoms in total. The Morgan fingerprint density at radius 3 is 2.37 bits per heavy atom. The van der Waals surface area contributed by atoms with Gasteiger partial charge in [-0.3, -0.25) is 0 Å². The Morgan fingerprint density at radius 2 is 1.74 bits per heavy atom. The first-order valence-corrected chi connectivity index (χ1v) is 6.13. The molecule has 0 bridgehead atoms. The van der Waals surface area contributed by atoms with Gasteiger partial charge < -0.3 is 9.84 Å². The number of benzene rings is 2. The summed E-state index contributed by atoms with van der Waals surface area (Å²) in [6.07, 6.45) is 0.396. The molecule has 1 unspecified atom stereocenters. The number of hydrogen-bond acceptors (Lipinski definition) is 2. The maximum atomic E-state index is 12.9. The van der Waals surface area contributed by atoms with E-state index in [4.69, 9.17) is 4.74 Å². The molecule has 0 aliphatic rings. The molecule has 0 aromatic heterocycles. The lowest BCUT2D eigenvalue weighted by atomic mass is 9.88. The first-order chi connectivity index (χ1) is 9.03. The van der Waals surface area contributed by atoms with Crippen molar-refractivity contribution in [1.82, 2.24) is 0 Å². The molecule has 0 saturated heterocycles. The number of aliphatic hydroxyl groups is 1. The van der Waals surface area contributed by atoms with Crippen LogP contribution < -0.4 is 4.74 Å². The molecule has 0 spiro atoms. The predicted octanol–water partition coefficient (Wildman–Crippen LogP) is 3.28. The van der Waals surface area contributed by atoms with Crippen LogP contribution >= 0.6 is 0 Å². The number of para-hydroxylation sites is 1. The van der Waals surface area contributed by atoms with Gasteiger partial charge in [0.15, 0.2) is 0 Å². The van der Waals surface area contributed by atoms with Crippen LogP contribution in [0.1, 0.15) is 18.1 Å².